The largest absolute Gasteiger partial charge is 0.496 e. The highest BCUT2D eigenvalue weighted by molar-refractivity contribution is 7.41. The molecule has 0 saturated carbocycles. The third-order valence-electron chi connectivity index (χ3n) is 8.75. The van der Waals surface area contributed by atoms with Crippen molar-refractivity contribution in [2.45, 2.75) is 49.9 Å². The molecule has 50 heavy (non-hydrogen) atoms. The summed E-state index contributed by atoms with van der Waals surface area (Å²) < 4.78 is 122. The highest BCUT2D eigenvalue weighted by Gasteiger charge is 2.45. The smallest absolute Gasteiger partial charge is 0.417 e. The van der Waals surface area contributed by atoms with E-state index in [0.717, 1.165) is 18.2 Å². The Balaban J connectivity index is 1.38. The Kier molecular flexibility index (Phi) is 9.15. The molecule has 15 heteroatoms. The van der Waals surface area contributed by atoms with Crippen LogP contribution in [0.15, 0.2) is 72.9 Å². The Morgan fingerprint density at radius 2 is 1.62 bits per heavy atom. The molecule has 1 N–H and O–H groups in total. The first kappa shape index (κ1) is 35.3. The number of methoxy groups -OCH3 is 1. The maximum atomic E-state index is 15.0. The van der Waals surface area contributed by atoms with Gasteiger partial charge < -0.3 is 14.6 Å². The first-order valence-corrected chi connectivity index (χ1v) is 16.0. The molecule has 6 rings (SSSR count). The van der Waals surface area contributed by atoms with Gasteiger partial charge in [0.15, 0.2) is 0 Å². The Morgan fingerprint density at radius 3 is 2.30 bits per heavy atom. The quantitative estimate of drug-likeness (QED) is 0.152. The van der Waals surface area contributed by atoms with Gasteiger partial charge in [0.25, 0.3) is 0 Å². The number of carbonyl (C=O) groups excluding carboxylic acids is 1. The number of halogens is 8. The molecule has 1 amide bonds. The summed E-state index contributed by atoms with van der Waals surface area (Å²) in [5.41, 5.74) is -5.44. The van der Waals surface area contributed by atoms with E-state index in [1.165, 1.54) is 24.1 Å². The highest BCUT2D eigenvalue weighted by Crippen LogP contribution is 2.47. The number of ether oxygens (including phenoxy) is 2. The van der Waals surface area contributed by atoms with Gasteiger partial charge in [0.1, 0.15) is 17.8 Å². The molecule has 0 spiro atoms. The summed E-state index contributed by atoms with van der Waals surface area (Å²) in [7, 11) is 0.449. The lowest BCUT2D eigenvalue weighted by Crippen LogP contribution is -2.30. The lowest BCUT2D eigenvalue weighted by molar-refractivity contribution is -0.138. The van der Waals surface area contributed by atoms with Gasteiger partial charge >= 0.3 is 24.1 Å². The van der Waals surface area contributed by atoms with Crippen LogP contribution in [0, 0.1) is 6.92 Å². The number of aliphatic hydroxyl groups excluding tert-OH is 1. The third kappa shape index (κ3) is 6.78. The summed E-state index contributed by atoms with van der Waals surface area (Å²) in [6.07, 6.45) is -8.51. The topological polar surface area (TPSA) is 71.9 Å². The van der Waals surface area contributed by atoms with E-state index >= 15 is 8.78 Å². The van der Waals surface area contributed by atoms with E-state index in [1.807, 2.05) is 0 Å². The second kappa shape index (κ2) is 13.0. The van der Waals surface area contributed by atoms with Gasteiger partial charge in [0.05, 0.1) is 36.0 Å². The minimum Gasteiger partial charge on any atom is -0.496 e. The number of amides is 1. The molecule has 3 aromatic carbocycles. The molecule has 3 heterocycles. The molecule has 4 aromatic rings. The zero-order valence-corrected chi connectivity index (χ0v) is 27.1. The highest BCUT2D eigenvalue weighted by atomic mass is 31.1. The first-order chi connectivity index (χ1) is 23.5. The Bertz CT molecular complexity index is 2000. The molecule has 0 radical (unpaired) electrons. The molecule has 2 aliphatic heterocycles. The van der Waals surface area contributed by atoms with Gasteiger partial charge in [0, 0.05) is 36.7 Å². The Labute approximate surface area is 282 Å². The van der Waals surface area contributed by atoms with Crippen molar-refractivity contribution in [2.24, 2.45) is 0 Å². The van der Waals surface area contributed by atoms with Crippen LogP contribution in [0.3, 0.4) is 0 Å². The minimum absolute atomic E-state index is 0.00767. The summed E-state index contributed by atoms with van der Waals surface area (Å²) in [6.45, 7) is 1.79. The average Bonchev–Trinajstić information content (AvgIpc) is 3.66. The maximum absolute atomic E-state index is 15.0. The second-order valence-electron chi connectivity index (χ2n) is 11.9. The molecular formula is C35H27F8N2O4P. The van der Waals surface area contributed by atoms with Gasteiger partial charge in [0.2, 0.25) is 0 Å². The van der Waals surface area contributed by atoms with E-state index in [1.54, 1.807) is 31.2 Å². The molecule has 2 saturated heterocycles. The molecular weight excluding hydrogens is 695 g/mol. The zero-order valence-electron chi connectivity index (χ0n) is 26.2. The SMILES string of the molecule is COc1ccc(-c2ccc(C(O)=PC(F)(F)c3cccc(C(F)(F)F)c3)cc2C)cc1-c1ncc(C(F)(F)F)cc1[C@@H]1CC[C@H]2COC(=O)N21. The molecule has 0 bridgehead atoms. The number of carbonyl (C=O) groups is 1. The number of rotatable bonds is 7. The number of hydrogen-bond acceptors (Lipinski definition) is 4. The van der Waals surface area contributed by atoms with Crippen molar-refractivity contribution in [3.05, 3.63) is 106 Å². The van der Waals surface area contributed by atoms with Crippen molar-refractivity contribution in [2.75, 3.05) is 13.7 Å². The second-order valence-corrected chi connectivity index (χ2v) is 13.1. The number of cyclic esters (lactones) is 1. The summed E-state index contributed by atoms with van der Waals surface area (Å²) in [4.78, 5) is 18.3. The fraction of sp³-hybridized carbons (Fsp3) is 0.286. The summed E-state index contributed by atoms with van der Waals surface area (Å²) in [5, 5.41) is 10.7. The van der Waals surface area contributed by atoms with Crippen LogP contribution in [0.1, 0.15) is 52.3 Å². The predicted molar refractivity (Wildman–Crippen MR) is 169 cm³/mol. The number of nitrogens with zero attached hydrogens (tertiary/aromatic N) is 2. The zero-order chi connectivity index (χ0) is 36.2. The number of aromatic nitrogens is 1. The van der Waals surface area contributed by atoms with Crippen molar-refractivity contribution >= 4 is 19.8 Å². The lowest BCUT2D eigenvalue weighted by atomic mass is 9.92. The van der Waals surface area contributed by atoms with Gasteiger partial charge in [-0.15, -0.1) is 0 Å². The number of aliphatic hydroxyl groups is 1. The van der Waals surface area contributed by atoms with Crippen LogP contribution in [0.2, 0.25) is 0 Å². The maximum Gasteiger partial charge on any atom is 0.417 e. The molecule has 2 fully saturated rings. The number of alkyl halides is 8. The number of aryl methyl sites for hydroxylation is 1. The van der Waals surface area contributed by atoms with Gasteiger partial charge in [-0.3, -0.25) is 9.88 Å². The van der Waals surface area contributed by atoms with Crippen LogP contribution in [-0.2, 0) is 22.8 Å². The van der Waals surface area contributed by atoms with Gasteiger partial charge in [-0.05, 0) is 72.9 Å². The third-order valence-corrected chi connectivity index (χ3v) is 9.76. The van der Waals surface area contributed by atoms with Crippen molar-refractivity contribution in [1.82, 2.24) is 9.88 Å². The van der Waals surface area contributed by atoms with Gasteiger partial charge in [-0.25, -0.2) is 4.79 Å². The molecule has 2 atom stereocenters. The minimum atomic E-state index is -4.82. The molecule has 262 valence electrons. The van der Waals surface area contributed by atoms with Crippen LogP contribution in [-0.4, -0.2) is 46.3 Å². The van der Waals surface area contributed by atoms with Crippen molar-refractivity contribution < 1.29 is 54.5 Å². The van der Waals surface area contributed by atoms with Crippen LogP contribution in [0.4, 0.5) is 39.9 Å². The number of pyridine rings is 1. The van der Waals surface area contributed by atoms with Crippen LogP contribution in [0.5, 0.6) is 5.75 Å². The summed E-state index contributed by atoms with van der Waals surface area (Å²) in [6, 6.07) is 12.0. The van der Waals surface area contributed by atoms with Crippen LogP contribution < -0.4 is 4.74 Å². The predicted octanol–water partition coefficient (Wildman–Crippen LogP) is 9.97. The van der Waals surface area contributed by atoms with E-state index in [4.69, 9.17) is 9.47 Å². The Morgan fingerprint density at radius 1 is 0.900 bits per heavy atom. The summed E-state index contributed by atoms with van der Waals surface area (Å²) >= 11 is 0. The van der Waals surface area contributed by atoms with Crippen molar-refractivity contribution in [3.8, 4) is 28.1 Å². The lowest BCUT2D eigenvalue weighted by Gasteiger charge is -2.25. The monoisotopic (exact) mass is 722 g/mol. The fourth-order valence-corrected chi connectivity index (χ4v) is 7.12. The van der Waals surface area contributed by atoms with Crippen molar-refractivity contribution in [3.63, 3.8) is 0 Å². The fourth-order valence-electron chi connectivity index (χ4n) is 6.32. The molecule has 0 aliphatic carbocycles. The van der Waals surface area contributed by atoms with Gasteiger partial charge in [-0.1, -0.05) is 30.3 Å². The summed E-state index contributed by atoms with van der Waals surface area (Å²) in [5.74, 6) is 0.289. The number of benzene rings is 3. The molecule has 6 nitrogen and oxygen atoms in total. The van der Waals surface area contributed by atoms with E-state index in [0.29, 0.717) is 53.4 Å². The number of fused-ring (bicyclic) bond motifs is 1. The van der Waals surface area contributed by atoms with Crippen LogP contribution >= 0.6 is 8.20 Å². The number of hydrogen-bond donors (Lipinski definition) is 1. The van der Waals surface area contributed by atoms with Crippen LogP contribution in [0.25, 0.3) is 22.4 Å². The van der Waals surface area contributed by atoms with E-state index in [-0.39, 0.29) is 35.2 Å². The van der Waals surface area contributed by atoms with E-state index < -0.39 is 60.5 Å². The van der Waals surface area contributed by atoms with Gasteiger partial charge in [-0.2, -0.15) is 35.1 Å². The molecule has 1 aromatic heterocycles. The van der Waals surface area contributed by atoms with E-state index in [2.05, 4.69) is 4.98 Å². The average molecular weight is 723 g/mol. The molecule has 0 unspecified atom stereocenters. The Hall–Kier alpha value is -4.55. The standard InChI is InChI=1S/C35H27F8N2O4P/c1-18-12-20(31(46)50-35(42,43)22-5-3-4-21(14-22)33(36,37)38)6-9-25(18)19-7-11-29(48-2)27(13-19)30-26(15-23(16-44-30)34(39,40)41)28-10-8-24-17-49-32(47)45(24)28/h3-7,9,11-16,24,28,46H,8,10,17H2,1-2H3/t24-,28-/m0/s1. The van der Waals surface area contributed by atoms with E-state index in [9.17, 15) is 36.2 Å². The normalized spacial score (nSPS) is 18.3. The first-order valence-electron chi connectivity index (χ1n) is 15.1. The van der Waals surface area contributed by atoms with Crippen molar-refractivity contribution in [1.29, 1.82) is 0 Å². The molecule has 2 aliphatic rings.